The van der Waals surface area contributed by atoms with E-state index in [9.17, 15) is 0 Å². The van der Waals surface area contributed by atoms with Gasteiger partial charge in [-0.2, -0.15) is 16.7 Å². The SMILES string of the molecule is CCNC(=NCc1nc(-c2ccc(Cl)cc2)no1)NC1CCC(SCC)C1. The standard InChI is InChI=1S/C19H26ClN5OS/c1-3-21-19(23-15-9-10-16(11-15)27-4-2)22-12-17-24-18(25-26-17)13-5-7-14(20)8-6-13/h5-8,15-16H,3-4,9-12H2,1-2H3,(H2,21,22,23). The van der Waals surface area contributed by atoms with Crippen LogP contribution in [0.1, 0.15) is 39.0 Å². The number of nitrogens with zero attached hydrogens (tertiary/aromatic N) is 3. The van der Waals surface area contributed by atoms with Gasteiger partial charge >= 0.3 is 0 Å². The molecule has 8 heteroatoms. The third-order valence-electron chi connectivity index (χ3n) is 4.41. The van der Waals surface area contributed by atoms with Gasteiger partial charge < -0.3 is 15.2 Å². The quantitative estimate of drug-likeness (QED) is 0.531. The Labute approximate surface area is 169 Å². The van der Waals surface area contributed by atoms with Crippen LogP contribution in [0.5, 0.6) is 0 Å². The lowest BCUT2D eigenvalue weighted by molar-refractivity contribution is 0.380. The summed E-state index contributed by atoms with van der Waals surface area (Å²) in [5.74, 6) is 3.02. The molecular weight excluding hydrogens is 382 g/mol. The number of aromatic nitrogens is 2. The maximum Gasteiger partial charge on any atom is 0.248 e. The molecule has 0 spiro atoms. The van der Waals surface area contributed by atoms with E-state index in [-0.39, 0.29) is 0 Å². The van der Waals surface area contributed by atoms with Gasteiger partial charge in [0.2, 0.25) is 11.7 Å². The van der Waals surface area contributed by atoms with Crippen molar-refractivity contribution >= 4 is 29.3 Å². The minimum Gasteiger partial charge on any atom is -0.357 e. The zero-order valence-electron chi connectivity index (χ0n) is 15.7. The predicted octanol–water partition coefficient (Wildman–Crippen LogP) is 4.12. The van der Waals surface area contributed by atoms with E-state index in [4.69, 9.17) is 16.1 Å². The Bertz CT molecular complexity index is 749. The summed E-state index contributed by atoms with van der Waals surface area (Å²) in [6.07, 6.45) is 3.64. The fraction of sp³-hybridized carbons (Fsp3) is 0.526. The van der Waals surface area contributed by atoms with Crippen LogP contribution < -0.4 is 10.6 Å². The van der Waals surface area contributed by atoms with Gasteiger partial charge in [0.15, 0.2) is 5.96 Å². The van der Waals surface area contributed by atoms with Crippen molar-refractivity contribution in [3.05, 3.63) is 35.2 Å². The molecule has 6 nitrogen and oxygen atoms in total. The molecule has 2 N–H and O–H groups in total. The Morgan fingerprint density at radius 3 is 2.85 bits per heavy atom. The molecule has 3 rings (SSSR count). The van der Waals surface area contributed by atoms with Gasteiger partial charge in [0.25, 0.3) is 0 Å². The minimum atomic E-state index is 0.343. The minimum absolute atomic E-state index is 0.343. The van der Waals surface area contributed by atoms with Crippen molar-refractivity contribution < 1.29 is 4.52 Å². The van der Waals surface area contributed by atoms with Crippen LogP contribution in [0.2, 0.25) is 5.02 Å². The molecule has 1 aliphatic carbocycles. The lowest BCUT2D eigenvalue weighted by Gasteiger charge is -2.17. The Morgan fingerprint density at radius 1 is 1.30 bits per heavy atom. The molecule has 0 bridgehead atoms. The molecule has 1 heterocycles. The molecule has 1 fully saturated rings. The Morgan fingerprint density at radius 2 is 2.11 bits per heavy atom. The number of guanidine groups is 1. The molecule has 0 saturated heterocycles. The van der Waals surface area contributed by atoms with Crippen LogP contribution in [0.15, 0.2) is 33.8 Å². The van der Waals surface area contributed by atoms with E-state index in [0.29, 0.717) is 29.3 Å². The van der Waals surface area contributed by atoms with Crippen LogP contribution in [-0.2, 0) is 6.54 Å². The first-order chi connectivity index (χ1) is 13.2. The molecule has 146 valence electrons. The number of rotatable bonds is 7. The van der Waals surface area contributed by atoms with Gasteiger partial charge in [-0.3, -0.25) is 0 Å². The second kappa shape index (κ2) is 9.99. The van der Waals surface area contributed by atoms with Crippen molar-refractivity contribution in [1.82, 2.24) is 20.8 Å². The van der Waals surface area contributed by atoms with Gasteiger partial charge in [-0.1, -0.05) is 23.7 Å². The highest BCUT2D eigenvalue weighted by molar-refractivity contribution is 7.99. The zero-order chi connectivity index (χ0) is 19.1. The molecule has 2 aromatic rings. The Hall–Kier alpha value is -1.73. The monoisotopic (exact) mass is 407 g/mol. The Kier molecular flexibility index (Phi) is 7.41. The summed E-state index contributed by atoms with van der Waals surface area (Å²) in [5, 5.41) is 12.3. The van der Waals surface area contributed by atoms with Crippen LogP contribution >= 0.6 is 23.4 Å². The summed E-state index contributed by atoms with van der Waals surface area (Å²) < 4.78 is 5.34. The van der Waals surface area contributed by atoms with Crippen molar-refractivity contribution in [2.24, 2.45) is 4.99 Å². The molecule has 1 aromatic carbocycles. The van der Waals surface area contributed by atoms with Crippen LogP contribution in [0.4, 0.5) is 0 Å². The van der Waals surface area contributed by atoms with E-state index in [1.54, 1.807) is 0 Å². The van der Waals surface area contributed by atoms with E-state index in [1.165, 1.54) is 25.0 Å². The first-order valence-corrected chi connectivity index (χ1v) is 10.9. The van der Waals surface area contributed by atoms with E-state index >= 15 is 0 Å². The number of hydrogen-bond donors (Lipinski definition) is 2. The summed E-state index contributed by atoms with van der Waals surface area (Å²) in [4.78, 5) is 9.03. The Balaban J connectivity index is 1.59. The summed E-state index contributed by atoms with van der Waals surface area (Å²) in [6.45, 7) is 5.44. The highest BCUT2D eigenvalue weighted by Gasteiger charge is 2.25. The van der Waals surface area contributed by atoms with E-state index < -0.39 is 0 Å². The van der Waals surface area contributed by atoms with Crippen molar-refractivity contribution in [3.63, 3.8) is 0 Å². The van der Waals surface area contributed by atoms with Gasteiger partial charge in [0.05, 0.1) is 0 Å². The van der Waals surface area contributed by atoms with Crippen molar-refractivity contribution in [3.8, 4) is 11.4 Å². The van der Waals surface area contributed by atoms with Crippen LogP contribution in [0.3, 0.4) is 0 Å². The summed E-state index contributed by atoms with van der Waals surface area (Å²) in [5.41, 5.74) is 0.869. The van der Waals surface area contributed by atoms with Crippen LogP contribution in [0, 0.1) is 0 Å². The maximum absolute atomic E-state index is 5.92. The number of halogens is 1. The number of hydrogen-bond acceptors (Lipinski definition) is 5. The van der Waals surface area contributed by atoms with Crippen LogP contribution in [-0.4, -0.2) is 39.7 Å². The van der Waals surface area contributed by atoms with Gasteiger partial charge in [-0.15, -0.1) is 0 Å². The molecule has 0 radical (unpaired) electrons. The molecule has 1 saturated carbocycles. The first kappa shape index (κ1) is 20.0. The molecule has 1 aliphatic rings. The number of nitrogens with one attached hydrogen (secondary N) is 2. The lowest BCUT2D eigenvalue weighted by atomic mass is 10.2. The highest BCUT2D eigenvalue weighted by atomic mass is 35.5. The second-order valence-electron chi connectivity index (χ2n) is 6.45. The van der Waals surface area contributed by atoms with Gasteiger partial charge in [-0.25, -0.2) is 4.99 Å². The number of thioether (sulfide) groups is 1. The molecule has 2 atom stereocenters. The summed E-state index contributed by atoms with van der Waals surface area (Å²) in [7, 11) is 0. The van der Waals surface area contributed by atoms with Crippen molar-refractivity contribution in [1.29, 1.82) is 0 Å². The average molecular weight is 408 g/mol. The fourth-order valence-electron chi connectivity index (χ4n) is 3.15. The van der Waals surface area contributed by atoms with Gasteiger partial charge in [0.1, 0.15) is 6.54 Å². The van der Waals surface area contributed by atoms with Crippen molar-refractivity contribution in [2.45, 2.75) is 50.9 Å². The third kappa shape index (κ3) is 5.87. The number of benzene rings is 1. The normalized spacial score (nSPS) is 20.0. The second-order valence-corrected chi connectivity index (χ2v) is 8.46. The lowest BCUT2D eigenvalue weighted by Crippen LogP contribution is -2.42. The molecule has 0 amide bonds. The first-order valence-electron chi connectivity index (χ1n) is 9.43. The summed E-state index contributed by atoms with van der Waals surface area (Å²) >= 11 is 7.97. The molecule has 0 aliphatic heterocycles. The molecule has 2 unspecified atom stereocenters. The van der Waals surface area contributed by atoms with Crippen LogP contribution in [0.25, 0.3) is 11.4 Å². The van der Waals surface area contributed by atoms with Crippen molar-refractivity contribution in [2.75, 3.05) is 12.3 Å². The van der Waals surface area contributed by atoms with Gasteiger partial charge in [-0.05, 0) is 56.2 Å². The molecule has 1 aromatic heterocycles. The predicted molar refractivity (Wildman–Crippen MR) is 112 cm³/mol. The third-order valence-corrected chi connectivity index (χ3v) is 5.90. The topological polar surface area (TPSA) is 75.3 Å². The maximum atomic E-state index is 5.92. The highest BCUT2D eigenvalue weighted by Crippen LogP contribution is 2.29. The summed E-state index contributed by atoms with van der Waals surface area (Å²) in [6, 6.07) is 7.83. The average Bonchev–Trinajstić information content (AvgIpc) is 3.31. The van der Waals surface area contributed by atoms with E-state index in [1.807, 2.05) is 24.3 Å². The number of aliphatic imine (C=N–C) groups is 1. The fourth-order valence-corrected chi connectivity index (χ4v) is 4.42. The smallest absolute Gasteiger partial charge is 0.248 e. The van der Waals surface area contributed by atoms with E-state index in [0.717, 1.165) is 23.3 Å². The largest absolute Gasteiger partial charge is 0.357 e. The van der Waals surface area contributed by atoms with Gasteiger partial charge in [0, 0.05) is 28.4 Å². The molecular formula is C19H26ClN5OS. The molecule has 27 heavy (non-hydrogen) atoms. The zero-order valence-corrected chi connectivity index (χ0v) is 17.3. The van der Waals surface area contributed by atoms with E-state index in [2.05, 4.69) is 51.4 Å².